The van der Waals surface area contributed by atoms with Crippen molar-refractivity contribution in [1.82, 2.24) is 10.2 Å². The van der Waals surface area contributed by atoms with Gasteiger partial charge in [-0.15, -0.1) is 0 Å². The summed E-state index contributed by atoms with van der Waals surface area (Å²) in [7, 11) is 1.58. The van der Waals surface area contributed by atoms with Crippen LogP contribution in [0.25, 0.3) is 0 Å². The van der Waals surface area contributed by atoms with Crippen molar-refractivity contribution in [3.05, 3.63) is 29.8 Å². The number of nitrogens with one attached hydrogen (secondary N) is 1. The van der Waals surface area contributed by atoms with Crippen LogP contribution < -0.4 is 10.1 Å². The molecule has 1 fully saturated rings. The molecule has 2 N–H and O–H groups in total. The number of aliphatic carboxylic acids is 1. The maximum absolute atomic E-state index is 12.5. The summed E-state index contributed by atoms with van der Waals surface area (Å²) in [5, 5.41) is 12.0. The molecule has 0 aromatic heterocycles. The molecule has 0 radical (unpaired) electrons. The predicted octanol–water partition coefficient (Wildman–Crippen LogP) is 3.19. The van der Waals surface area contributed by atoms with Crippen molar-refractivity contribution in [2.45, 2.75) is 44.6 Å². The second-order valence-electron chi connectivity index (χ2n) is 6.13. The van der Waals surface area contributed by atoms with E-state index in [0.29, 0.717) is 5.75 Å². The van der Waals surface area contributed by atoms with Gasteiger partial charge >= 0.3 is 12.0 Å². The first-order valence-corrected chi connectivity index (χ1v) is 8.51. The number of carboxylic acid groups (broad SMARTS) is 1. The van der Waals surface area contributed by atoms with Gasteiger partial charge in [0, 0.05) is 13.1 Å². The molecule has 0 spiro atoms. The molecule has 0 bridgehead atoms. The monoisotopic (exact) mass is 334 g/mol. The lowest BCUT2D eigenvalue weighted by Gasteiger charge is -2.27. The Bertz CT molecular complexity index is 536. The van der Waals surface area contributed by atoms with Gasteiger partial charge in [-0.25, -0.2) is 4.79 Å². The number of hydrogen-bond donors (Lipinski definition) is 2. The highest BCUT2D eigenvalue weighted by molar-refractivity contribution is 5.76. The van der Waals surface area contributed by atoms with Crippen LogP contribution in [-0.2, 0) is 4.79 Å². The first-order chi connectivity index (χ1) is 11.6. The Hall–Kier alpha value is -2.24. The van der Waals surface area contributed by atoms with Gasteiger partial charge in [0.05, 0.1) is 19.6 Å². The highest BCUT2D eigenvalue weighted by atomic mass is 16.5. The Labute approximate surface area is 142 Å². The Morgan fingerprint density at radius 2 is 1.71 bits per heavy atom. The third-order valence-corrected chi connectivity index (χ3v) is 4.34. The molecule has 24 heavy (non-hydrogen) atoms. The number of likely N-dealkylation sites (tertiary alicyclic amines) is 1. The van der Waals surface area contributed by atoms with E-state index in [-0.39, 0.29) is 12.5 Å². The van der Waals surface area contributed by atoms with E-state index in [1.165, 1.54) is 6.42 Å². The SMILES string of the molecule is COc1ccc(C(CC(=O)O)NC(=O)N2CCCCCCC2)cc1. The molecule has 132 valence electrons. The van der Waals surface area contributed by atoms with Crippen LogP contribution in [0.15, 0.2) is 24.3 Å². The highest BCUT2D eigenvalue weighted by Gasteiger charge is 2.22. The Kier molecular flexibility index (Phi) is 6.90. The second-order valence-corrected chi connectivity index (χ2v) is 6.13. The molecule has 1 aromatic rings. The summed E-state index contributed by atoms with van der Waals surface area (Å²) in [6.45, 7) is 1.46. The van der Waals surface area contributed by atoms with Gasteiger partial charge in [-0.2, -0.15) is 0 Å². The number of amides is 2. The molecule has 1 heterocycles. The lowest BCUT2D eigenvalue weighted by molar-refractivity contribution is -0.137. The largest absolute Gasteiger partial charge is 0.497 e. The van der Waals surface area contributed by atoms with Crippen LogP contribution in [0.3, 0.4) is 0 Å². The van der Waals surface area contributed by atoms with Crippen LogP contribution in [0.5, 0.6) is 5.75 Å². The van der Waals surface area contributed by atoms with Crippen LogP contribution >= 0.6 is 0 Å². The average molecular weight is 334 g/mol. The minimum absolute atomic E-state index is 0.147. The molecule has 1 aromatic carbocycles. The zero-order valence-corrected chi connectivity index (χ0v) is 14.2. The topological polar surface area (TPSA) is 78.9 Å². The van der Waals surface area contributed by atoms with Crippen molar-refractivity contribution in [2.75, 3.05) is 20.2 Å². The van der Waals surface area contributed by atoms with E-state index in [1.807, 2.05) is 0 Å². The lowest BCUT2D eigenvalue weighted by Crippen LogP contribution is -2.43. The molecular weight excluding hydrogens is 308 g/mol. The van der Waals surface area contributed by atoms with Crippen molar-refractivity contribution in [1.29, 1.82) is 0 Å². The quantitative estimate of drug-likeness (QED) is 0.867. The molecule has 0 saturated carbocycles. The molecule has 1 saturated heterocycles. The fourth-order valence-electron chi connectivity index (χ4n) is 2.95. The van der Waals surface area contributed by atoms with E-state index < -0.39 is 12.0 Å². The van der Waals surface area contributed by atoms with Crippen LogP contribution in [0.4, 0.5) is 4.79 Å². The number of rotatable bonds is 5. The number of benzene rings is 1. The smallest absolute Gasteiger partial charge is 0.317 e. The van der Waals surface area contributed by atoms with E-state index in [0.717, 1.165) is 44.3 Å². The summed E-state index contributed by atoms with van der Waals surface area (Å²) in [6, 6.07) is 6.39. The van der Waals surface area contributed by atoms with Gasteiger partial charge in [0.2, 0.25) is 0 Å². The number of carbonyl (C=O) groups excluding carboxylic acids is 1. The first kappa shape index (κ1) is 18.1. The molecule has 6 heteroatoms. The van der Waals surface area contributed by atoms with Crippen molar-refractivity contribution < 1.29 is 19.4 Å². The Balaban J connectivity index is 2.05. The number of hydrogen-bond acceptors (Lipinski definition) is 3. The molecular formula is C18H26N2O4. The first-order valence-electron chi connectivity index (χ1n) is 8.51. The van der Waals surface area contributed by atoms with E-state index in [4.69, 9.17) is 9.84 Å². The second kappa shape index (κ2) is 9.15. The van der Waals surface area contributed by atoms with E-state index in [1.54, 1.807) is 36.3 Å². The molecule has 1 aliphatic rings. The molecule has 6 nitrogen and oxygen atoms in total. The fraction of sp³-hybridized carbons (Fsp3) is 0.556. The maximum atomic E-state index is 12.5. The van der Waals surface area contributed by atoms with Gasteiger partial charge in [0.15, 0.2) is 0 Å². The Morgan fingerprint density at radius 3 is 2.25 bits per heavy atom. The van der Waals surface area contributed by atoms with Gasteiger partial charge in [-0.1, -0.05) is 31.4 Å². The highest BCUT2D eigenvalue weighted by Crippen LogP contribution is 2.21. The number of ether oxygens (including phenoxy) is 1. The summed E-state index contributed by atoms with van der Waals surface area (Å²) in [5.41, 5.74) is 0.763. The van der Waals surface area contributed by atoms with Crippen LogP contribution in [0.2, 0.25) is 0 Å². The Morgan fingerprint density at radius 1 is 1.12 bits per heavy atom. The third kappa shape index (κ3) is 5.44. The predicted molar refractivity (Wildman–Crippen MR) is 91.2 cm³/mol. The van der Waals surface area contributed by atoms with Gasteiger partial charge in [0.1, 0.15) is 5.75 Å². The zero-order valence-electron chi connectivity index (χ0n) is 14.2. The zero-order chi connectivity index (χ0) is 17.4. The number of nitrogens with zero attached hydrogens (tertiary/aromatic N) is 1. The van der Waals surface area contributed by atoms with Gasteiger partial charge in [0.25, 0.3) is 0 Å². The van der Waals surface area contributed by atoms with Crippen LogP contribution in [0, 0.1) is 0 Å². The fourth-order valence-corrected chi connectivity index (χ4v) is 2.95. The lowest BCUT2D eigenvalue weighted by atomic mass is 10.0. The molecule has 1 atom stereocenters. The minimum atomic E-state index is -0.941. The number of methoxy groups -OCH3 is 1. The summed E-state index contributed by atoms with van der Waals surface area (Å²) in [5.74, 6) is -0.244. The average Bonchev–Trinajstić information content (AvgIpc) is 2.53. The maximum Gasteiger partial charge on any atom is 0.317 e. The minimum Gasteiger partial charge on any atom is -0.497 e. The van der Waals surface area contributed by atoms with Gasteiger partial charge in [-0.3, -0.25) is 4.79 Å². The molecule has 2 rings (SSSR count). The van der Waals surface area contributed by atoms with E-state index in [2.05, 4.69) is 5.32 Å². The van der Waals surface area contributed by atoms with Crippen molar-refractivity contribution in [3.63, 3.8) is 0 Å². The van der Waals surface area contributed by atoms with Crippen LogP contribution in [0.1, 0.15) is 50.1 Å². The van der Waals surface area contributed by atoms with Crippen LogP contribution in [-0.4, -0.2) is 42.2 Å². The van der Waals surface area contributed by atoms with Gasteiger partial charge in [-0.05, 0) is 30.5 Å². The summed E-state index contributed by atoms with van der Waals surface area (Å²) >= 11 is 0. The standard InChI is InChI=1S/C18H26N2O4/c1-24-15-9-7-14(8-10-15)16(13-17(21)22)19-18(23)20-11-5-3-2-4-6-12-20/h7-10,16H,2-6,11-13H2,1H3,(H,19,23)(H,21,22). The van der Waals surface area contributed by atoms with E-state index in [9.17, 15) is 9.59 Å². The molecule has 2 amide bonds. The van der Waals surface area contributed by atoms with Gasteiger partial charge < -0.3 is 20.1 Å². The summed E-state index contributed by atoms with van der Waals surface area (Å²) in [6.07, 6.45) is 5.36. The van der Waals surface area contributed by atoms with Crippen molar-refractivity contribution >= 4 is 12.0 Å². The summed E-state index contributed by atoms with van der Waals surface area (Å²) < 4.78 is 5.12. The number of carbonyl (C=O) groups is 2. The molecule has 1 unspecified atom stereocenters. The number of urea groups is 1. The van der Waals surface area contributed by atoms with Crippen molar-refractivity contribution in [2.24, 2.45) is 0 Å². The normalized spacial score (nSPS) is 16.6. The van der Waals surface area contributed by atoms with Crippen molar-refractivity contribution in [3.8, 4) is 5.75 Å². The summed E-state index contributed by atoms with van der Waals surface area (Å²) in [4.78, 5) is 25.5. The number of carboxylic acids is 1. The third-order valence-electron chi connectivity index (χ3n) is 4.34. The molecule has 0 aliphatic carbocycles. The molecule has 1 aliphatic heterocycles. The van der Waals surface area contributed by atoms with E-state index >= 15 is 0 Å².